The molecule has 2 atom stereocenters. The lowest BCUT2D eigenvalue weighted by Crippen LogP contribution is -2.49. The van der Waals surface area contributed by atoms with Crippen LogP contribution in [0, 0.1) is 6.92 Å². The van der Waals surface area contributed by atoms with E-state index in [1.54, 1.807) is 26.2 Å². The summed E-state index contributed by atoms with van der Waals surface area (Å²) in [4.78, 5) is 13.0. The van der Waals surface area contributed by atoms with Gasteiger partial charge < -0.3 is 10.1 Å². The summed E-state index contributed by atoms with van der Waals surface area (Å²) < 4.78 is 31.6. The van der Waals surface area contributed by atoms with E-state index in [2.05, 4.69) is 5.32 Å². The van der Waals surface area contributed by atoms with Crippen molar-refractivity contribution in [2.75, 3.05) is 17.7 Å². The minimum Gasteiger partial charge on any atom is -0.496 e. The molecule has 0 spiro atoms. The van der Waals surface area contributed by atoms with E-state index in [4.69, 9.17) is 4.74 Å². The highest BCUT2D eigenvalue weighted by Gasteiger charge is 2.32. The highest BCUT2D eigenvalue weighted by molar-refractivity contribution is 7.92. The van der Waals surface area contributed by atoms with Crippen LogP contribution in [0.2, 0.25) is 0 Å². The fraction of sp³-hybridized carbons (Fsp3) is 0.381. The van der Waals surface area contributed by atoms with Crippen LogP contribution in [0.4, 0.5) is 5.69 Å². The molecule has 0 saturated heterocycles. The predicted molar refractivity (Wildman–Crippen MR) is 112 cm³/mol. The molecule has 152 valence electrons. The Morgan fingerprint density at radius 2 is 1.75 bits per heavy atom. The van der Waals surface area contributed by atoms with Crippen LogP contribution in [0.5, 0.6) is 5.75 Å². The Morgan fingerprint density at radius 3 is 2.29 bits per heavy atom. The Bertz CT molecular complexity index is 910. The minimum atomic E-state index is -3.65. The van der Waals surface area contributed by atoms with Crippen LogP contribution in [0.3, 0.4) is 0 Å². The monoisotopic (exact) mass is 404 g/mol. The van der Waals surface area contributed by atoms with Crippen LogP contribution < -0.4 is 14.4 Å². The summed E-state index contributed by atoms with van der Waals surface area (Å²) in [7, 11) is -2.08. The summed E-state index contributed by atoms with van der Waals surface area (Å²) in [5.41, 5.74) is 2.31. The van der Waals surface area contributed by atoms with Crippen LogP contribution in [-0.4, -0.2) is 33.7 Å². The summed E-state index contributed by atoms with van der Waals surface area (Å²) in [6, 6.07) is 13.3. The zero-order chi connectivity index (χ0) is 20.9. The number of ether oxygens (including phenoxy) is 1. The van der Waals surface area contributed by atoms with E-state index in [1.165, 1.54) is 4.31 Å². The molecule has 28 heavy (non-hydrogen) atoms. The first-order valence-corrected chi connectivity index (χ1v) is 11.0. The van der Waals surface area contributed by atoms with E-state index >= 15 is 0 Å². The largest absolute Gasteiger partial charge is 0.496 e. The Kier molecular flexibility index (Phi) is 7.07. The van der Waals surface area contributed by atoms with Gasteiger partial charge >= 0.3 is 0 Å². The summed E-state index contributed by atoms with van der Waals surface area (Å²) in [5, 5.41) is 2.93. The van der Waals surface area contributed by atoms with Crippen molar-refractivity contribution in [1.29, 1.82) is 0 Å². The molecular weight excluding hydrogens is 376 g/mol. The molecule has 0 unspecified atom stereocenters. The highest BCUT2D eigenvalue weighted by Crippen LogP contribution is 2.26. The molecule has 0 bridgehead atoms. The number of carbonyl (C=O) groups excluding carboxylic acids is 1. The number of aryl methyl sites for hydroxylation is 1. The van der Waals surface area contributed by atoms with Crippen molar-refractivity contribution in [3.8, 4) is 5.75 Å². The van der Waals surface area contributed by atoms with Gasteiger partial charge in [-0.2, -0.15) is 0 Å². The van der Waals surface area contributed by atoms with Gasteiger partial charge in [0.05, 0.1) is 25.1 Å². The smallest absolute Gasteiger partial charge is 0.244 e. The molecule has 0 aliphatic rings. The first-order valence-electron chi connectivity index (χ1n) is 9.18. The number of nitrogens with zero attached hydrogens (tertiary/aromatic N) is 1. The molecule has 0 aromatic heterocycles. The average Bonchev–Trinajstić information content (AvgIpc) is 2.65. The predicted octanol–water partition coefficient (Wildman–Crippen LogP) is 3.43. The molecule has 6 nitrogen and oxygen atoms in total. The number of hydrogen-bond donors (Lipinski definition) is 1. The number of carbonyl (C=O) groups is 1. The average molecular weight is 405 g/mol. The Hall–Kier alpha value is -2.54. The van der Waals surface area contributed by atoms with Gasteiger partial charge in [0.2, 0.25) is 15.9 Å². The van der Waals surface area contributed by atoms with Crippen LogP contribution >= 0.6 is 0 Å². The van der Waals surface area contributed by atoms with E-state index < -0.39 is 16.1 Å². The molecule has 1 N–H and O–H groups in total. The molecule has 0 radical (unpaired) electrons. The number of sulfonamides is 1. The fourth-order valence-corrected chi connectivity index (χ4v) is 4.38. The molecule has 1 amide bonds. The Labute approximate surface area is 167 Å². The van der Waals surface area contributed by atoms with Gasteiger partial charge in [-0.15, -0.1) is 0 Å². The van der Waals surface area contributed by atoms with Gasteiger partial charge in [0.15, 0.2) is 0 Å². The van der Waals surface area contributed by atoms with Gasteiger partial charge in [0.1, 0.15) is 11.8 Å². The van der Waals surface area contributed by atoms with E-state index in [0.29, 0.717) is 17.9 Å². The molecule has 0 heterocycles. The maximum absolute atomic E-state index is 13.0. The van der Waals surface area contributed by atoms with E-state index in [-0.39, 0.29) is 11.9 Å². The van der Waals surface area contributed by atoms with Crippen LogP contribution in [-0.2, 0) is 14.8 Å². The summed E-state index contributed by atoms with van der Waals surface area (Å²) >= 11 is 0. The molecule has 0 aliphatic heterocycles. The van der Waals surface area contributed by atoms with E-state index in [9.17, 15) is 13.2 Å². The molecular formula is C21H28N2O4S. The quantitative estimate of drug-likeness (QED) is 0.731. The minimum absolute atomic E-state index is 0.336. The zero-order valence-electron chi connectivity index (χ0n) is 17.0. The maximum atomic E-state index is 13.0. The summed E-state index contributed by atoms with van der Waals surface area (Å²) in [6.45, 7) is 5.57. The van der Waals surface area contributed by atoms with Gasteiger partial charge in [-0.05, 0) is 38.5 Å². The molecule has 0 fully saturated rings. The topological polar surface area (TPSA) is 75.7 Å². The highest BCUT2D eigenvalue weighted by atomic mass is 32.2. The number of methoxy groups -OCH3 is 1. The lowest BCUT2D eigenvalue weighted by atomic mass is 10.1. The summed E-state index contributed by atoms with van der Waals surface area (Å²) in [5.74, 6) is 0.314. The second kappa shape index (κ2) is 9.10. The molecule has 0 aliphatic carbocycles. The SMILES string of the molecule is CC[C@@H](C(=O)N[C@H](C)c1ccccc1OC)N(c1ccc(C)cc1)S(C)(=O)=O. The van der Waals surface area contributed by atoms with Crippen molar-refractivity contribution in [2.45, 2.75) is 39.3 Å². The van der Waals surface area contributed by atoms with Crippen molar-refractivity contribution in [2.24, 2.45) is 0 Å². The Balaban J connectivity index is 2.32. The van der Waals surface area contributed by atoms with Gasteiger partial charge in [-0.25, -0.2) is 8.42 Å². The van der Waals surface area contributed by atoms with Crippen molar-refractivity contribution < 1.29 is 17.9 Å². The third-order valence-electron chi connectivity index (χ3n) is 4.58. The number of nitrogens with one attached hydrogen (secondary N) is 1. The van der Waals surface area contributed by atoms with Gasteiger partial charge in [-0.1, -0.05) is 42.8 Å². The number of rotatable bonds is 8. The number of amides is 1. The van der Waals surface area contributed by atoms with Gasteiger partial charge in [0.25, 0.3) is 0 Å². The van der Waals surface area contributed by atoms with Crippen LogP contribution in [0.25, 0.3) is 0 Å². The first-order chi connectivity index (χ1) is 13.2. The number of para-hydroxylation sites is 1. The molecule has 7 heteroatoms. The maximum Gasteiger partial charge on any atom is 0.244 e. The van der Waals surface area contributed by atoms with Crippen molar-refractivity contribution >= 4 is 21.6 Å². The third kappa shape index (κ3) is 5.04. The number of anilines is 1. The van der Waals surface area contributed by atoms with Crippen molar-refractivity contribution in [1.82, 2.24) is 5.32 Å². The number of hydrogen-bond acceptors (Lipinski definition) is 4. The van der Waals surface area contributed by atoms with Crippen molar-refractivity contribution in [3.05, 3.63) is 59.7 Å². The standard InChI is InChI=1S/C21H28N2O4S/c1-6-19(23(28(5,25)26)17-13-11-15(2)12-14-17)21(24)22-16(3)18-9-7-8-10-20(18)27-4/h7-14,16,19H,6H2,1-5H3,(H,22,24)/t16-,19+/m1/s1. The lowest BCUT2D eigenvalue weighted by molar-refractivity contribution is -0.122. The van der Waals surface area contributed by atoms with Crippen molar-refractivity contribution in [3.63, 3.8) is 0 Å². The lowest BCUT2D eigenvalue weighted by Gasteiger charge is -2.31. The molecule has 2 rings (SSSR count). The number of benzene rings is 2. The molecule has 2 aromatic rings. The molecule has 0 saturated carbocycles. The van der Waals surface area contributed by atoms with Crippen LogP contribution in [0.1, 0.15) is 37.4 Å². The second-order valence-electron chi connectivity index (χ2n) is 6.79. The third-order valence-corrected chi connectivity index (χ3v) is 5.76. The normalized spacial score (nSPS) is 13.5. The van der Waals surface area contributed by atoms with Gasteiger partial charge in [-0.3, -0.25) is 9.10 Å². The fourth-order valence-electron chi connectivity index (χ4n) is 3.16. The summed E-state index contributed by atoms with van der Waals surface area (Å²) in [6.07, 6.45) is 1.46. The Morgan fingerprint density at radius 1 is 1.14 bits per heavy atom. The molecule has 2 aromatic carbocycles. The zero-order valence-corrected chi connectivity index (χ0v) is 17.8. The second-order valence-corrected chi connectivity index (χ2v) is 8.65. The first kappa shape index (κ1) is 21.8. The van der Waals surface area contributed by atoms with Crippen LogP contribution in [0.15, 0.2) is 48.5 Å². The van der Waals surface area contributed by atoms with Gasteiger partial charge in [0, 0.05) is 5.56 Å². The van der Waals surface area contributed by atoms with E-state index in [1.807, 2.05) is 50.2 Å². The van der Waals surface area contributed by atoms with E-state index in [0.717, 1.165) is 17.4 Å².